The fraction of sp³-hybridized carbons (Fsp3) is 0.148. The summed E-state index contributed by atoms with van der Waals surface area (Å²) in [6, 6.07) is 18.5. The first-order valence-electron chi connectivity index (χ1n) is 11.1. The Morgan fingerprint density at radius 1 is 1.03 bits per heavy atom. The van der Waals surface area contributed by atoms with Crippen LogP contribution in [-0.2, 0) is 0 Å². The van der Waals surface area contributed by atoms with Gasteiger partial charge in [-0.3, -0.25) is 14.3 Å². The molecule has 35 heavy (non-hydrogen) atoms. The largest absolute Gasteiger partial charge is 0.455 e. The second-order valence-electron chi connectivity index (χ2n) is 8.45. The van der Waals surface area contributed by atoms with E-state index in [1.165, 1.54) is 0 Å². The summed E-state index contributed by atoms with van der Waals surface area (Å²) < 4.78 is 11.1. The molecule has 5 rings (SSSR count). The minimum Gasteiger partial charge on any atom is -0.455 e. The third-order valence-corrected chi connectivity index (χ3v) is 6.27. The molecule has 0 saturated heterocycles. The van der Waals surface area contributed by atoms with Crippen molar-refractivity contribution in [1.29, 1.82) is 0 Å². The first kappa shape index (κ1) is 22.7. The Morgan fingerprint density at radius 3 is 2.51 bits per heavy atom. The highest BCUT2D eigenvalue weighted by atomic mass is 35.5. The standard InChI is InChI=1S/C27H22ClN3O4/c1-14-12-18(16(3)29-21-11-7-10-20(28)22(21)26-30-27(33)35-31-26)25-19(13-14)23(32)15(2)24(34-25)17-8-5-4-6-9-17/h4-13,16,29H,1-3H3,(H,30,31,33)/t16-/m1/s1. The fourth-order valence-electron chi connectivity index (χ4n) is 4.29. The van der Waals surface area contributed by atoms with Gasteiger partial charge >= 0.3 is 5.76 Å². The second-order valence-corrected chi connectivity index (χ2v) is 8.86. The number of H-pyrrole nitrogens is 1. The lowest BCUT2D eigenvalue weighted by molar-refractivity contribution is 0.388. The quantitative estimate of drug-likeness (QED) is 0.304. The van der Waals surface area contributed by atoms with E-state index < -0.39 is 5.76 Å². The molecule has 0 bridgehead atoms. The molecule has 3 aromatic carbocycles. The van der Waals surface area contributed by atoms with E-state index in [0.717, 1.165) is 16.7 Å². The Bertz CT molecular complexity index is 1670. The molecule has 8 heteroatoms. The van der Waals surface area contributed by atoms with Crippen LogP contribution in [0.15, 0.2) is 79.2 Å². The minimum absolute atomic E-state index is 0.0640. The predicted molar refractivity (Wildman–Crippen MR) is 137 cm³/mol. The molecule has 5 aromatic rings. The van der Waals surface area contributed by atoms with Crippen molar-refractivity contribution in [2.45, 2.75) is 26.8 Å². The fourth-order valence-corrected chi connectivity index (χ4v) is 4.55. The van der Waals surface area contributed by atoms with Crippen molar-refractivity contribution in [1.82, 2.24) is 10.1 Å². The molecule has 7 nitrogen and oxygen atoms in total. The van der Waals surface area contributed by atoms with Crippen LogP contribution in [0.25, 0.3) is 33.7 Å². The zero-order valence-electron chi connectivity index (χ0n) is 19.3. The minimum atomic E-state index is -0.672. The SMILES string of the molecule is Cc1cc([C@@H](C)Nc2cccc(Cl)c2-c2noc(=O)[nH]2)c2oc(-c3ccccc3)c(C)c(=O)c2c1. The summed E-state index contributed by atoms with van der Waals surface area (Å²) in [5.41, 5.74) is 4.75. The van der Waals surface area contributed by atoms with Crippen molar-refractivity contribution in [2.75, 3.05) is 5.32 Å². The average Bonchev–Trinajstić information content (AvgIpc) is 3.27. The van der Waals surface area contributed by atoms with Gasteiger partial charge in [-0.25, -0.2) is 4.79 Å². The number of nitrogens with one attached hydrogen (secondary N) is 2. The summed E-state index contributed by atoms with van der Waals surface area (Å²) >= 11 is 6.45. The van der Waals surface area contributed by atoms with Crippen LogP contribution in [-0.4, -0.2) is 10.1 Å². The molecule has 0 radical (unpaired) electrons. The van der Waals surface area contributed by atoms with Crippen molar-refractivity contribution in [3.63, 3.8) is 0 Å². The molecule has 0 aliphatic heterocycles. The molecular formula is C27H22ClN3O4. The number of nitrogens with zero attached hydrogens (tertiary/aromatic N) is 1. The Hall–Kier alpha value is -4.10. The van der Waals surface area contributed by atoms with E-state index in [9.17, 15) is 9.59 Å². The van der Waals surface area contributed by atoms with Gasteiger partial charge in [0.1, 0.15) is 11.3 Å². The van der Waals surface area contributed by atoms with Crippen molar-refractivity contribution >= 4 is 28.3 Å². The number of anilines is 1. The molecule has 2 heterocycles. The number of aromatic nitrogens is 2. The molecular weight excluding hydrogens is 466 g/mol. The maximum absolute atomic E-state index is 13.3. The van der Waals surface area contributed by atoms with Crippen LogP contribution < -0.4 is 16.5 Å². The number of hydrogen-bond donors (Lipinski definition) is 2. The summed E-state index contributed by atoms with van der Waals surface area (Å²) in [5.74, 6) is 0.0936. The van der Waals surface area contributed by atoms with Crippen LogP contribution in [0.4, 0.5) is 5.69 Å². The second kappa shape index (κ2) is 8.92. The molecule has 0 spiro atoms. The van der Waals surface area contributed by atoms with Gasteiger partial charge in [-0.05, 0) is 44.5 Å². The van der Waals surface area contributed by atoms with Gasteiger partial charge in [-0.15, -0.1) is 0 Å². The molecule has 0 fully saturated rings. The number of fused-ring (bicyclic) bond motifs is 1. The molecule has 0 aliphatic rings. The summed E-state index contributed by atoms with van der Waals surface area (Å²) in [6.07, 6.45) is 0. The number of aromatic amines is 1. The topological polar surface area (TPSA) is 101 Å². The lowest BCUT2D eigenvalue weighted by atomic mass is 9.98. The maximum Gasteiger partial charge on any atom is 0.439 e. The van der Waals surface area contributed by atoms with Gasteiger partial charge < -0.3 is 9.73 Å². The van der Waals surface area contributed by atoms with Crippen molar-refractivity contribution < 1.29 is 8.94 Å². The molecule has 2 aromatic heterocycles. The lowest BCUT2D eigenvalue weighted by Crippen LogP contribution is -2.13. The van der Waals surface area contributed by atoms with Gasteiger partial charge in [0.25, 0.3) is 0 Å². The predicted octanol–water partition coefficient (Wildman–Crippen LogP) is 6.25. The van der Waals surface area contributed by atoms with Crippen LogP contribution in [0.2, 0.25) is 5.02 Å². The number of rotatable bonds is 5. The summed E-state index contributed by atoms with van der Waals surface area (Å²) in [6.45, 7) is 5.70. The van der Waals surface area contributed by atoms with E-state index in [1.807, 2.05) is 62.4 Å². The van der Waals surface area contributed by atoms with E-state index in [-0.39, 0.29) is 17.3 Å². The van der Waals surface area contributed by atoms with Crippen LogP contribution in [0, 0.1) is 13.8 Å². The van der Waals surface area contributed by atoms with E-state index >= 15 is 0 Å². The third kappa shape index (κ3) is 4.15. The molecule has 0 amide bonds. The lowest BCUT2D eigenvalue weighted by Gasteiger charge is -2.20. The van der Waals surface area contributed by atoms with Crippen LogP contribution in [0.1, 0.15) is 29.7 Å². The zero-order chi connectivity index (χ0) is 24.7. The van der Waals surface area contributed by atoms with Crippen molar-refractivity contribution in [3.8, 4) is 22.7 Å². The van der Waals surface area contributed by atoms with Crippen LogP contribution in [0.5, 0.6) is 0 Å². The van der Waals surface area contributed by atoms with Crippen molar-refractivity contribution in [3.05, 3.63) is 103 Å². The zero-order valence-corrected chi connectivity index (χ0v) is 20.1. The van der Waals surface area contributed by atoms with Gasteiger partial charge in [0.15, 0.2) is 11.3 Å². The molecule has 1 atom stereocenters. The van der Waals surface area contributed by atoms with Gasteiger partial charge in [-0.1, -0.05) is 59.2 Å². The van der Waals surface area contributed by atoms with Gasteiger partial charge in [0.2, 0.25) is 0 Å². The van der Waals surface area contributed by atoms with E-state index in [0.29, 0.717) is 38.6 Å². The molecule has 0 unspecified atom stereocenters. The average molecular weight is 488 g/mol. The first-order valence-corrected chi connectivity index (χ1v) is 11.5. The van der Waals surface area contributed by atoms with E-state index in [4.69, 9.17) is 16.0 Å². The summed E-state index contributed by atoms with van der Waals surface area (Å²) in [5, 5.41) is 8.15. The Kier molecular flexibility index (Phi) is 5.78. The van der Waals surface area contributed by atoms with Gasteiger partial charge in [-0.2, -0.15) is 0 Å². The van der Waals surface area contributed by atoms with E-state index in [2.05, 4.69) is 20.0 Å². The number of benzene rings is 3. The van der Waals surface area contributed by atoms with Crippen LogP contribution >= 0.6 is 11.6 Å². The first-order chi connectivity index (χ1) is 16.8. The van der Waals surface area contributed by atoms with Crippen molar-refractivity contribution in [2.24, 2.45) is 0 Å². The smallest absolute Gasteiger partial charge is 0.439 e. The summed E-state index contributed by atoms with van der Waals surface area (Å²) in [4.78, 5) is 27.4. The molecule has 176 valence electrons. The molecule has 0 saturated carbocycles. The highest BCUT2D eigenvalue weighted by Gasteiger charge is 2.21. The number of hydrogen-bond acceptors (Lipinski definition) is 6. The number of halogens is 1. The van der Waals surface area contributed by atoms with Gasteiger partial charge in [0.05, 0.1) is 22.0 Å². The summed E-state index contributed by atoms with van der Waals surface area (Å²) in [7, 11) is 0. The monoisotopic (exact) mass is 487 g/mol. The number of aryl methyl sites for hydroxylation is 1. The normalized spacial score (nSPS) is 12.1. The Labute approximate surface area is 205 Å². The van der Waals surface area contributed by atoms with Crippen LogP contribution in [0.3, 0.4) is 0 Å². The third-order valence-electron chi connectivity index (χ3n) is 5.96. The Morgan fingerprint density at radius 2 is 1.80 bits per heavy atom. The molecule has 2 N–H and O–H groups in total. The van der Waals surface area contributed by atoms with E-state index in [1.54, 1.807) is 19.1 Å². The highest BCUT2D eigenvalue weighted by Crippen LogP contribution is 2.36. The van der Waals surface area contributed by atoms with Gasteiger partial charge in [0, 0.05) is 22.4 Å². The molecule has 0 aliphatic carbocycles. The highest BCUT2D eigenvalue weighted by molar-refractivity contribution is 6.33. The maximum atomic E-state index is 13.3. The Balaban J connectivity index is 1.66.